The fraction of sp³-hybridized carbons (Fsp3) is 0.100. The number of cyclic esters (lactones) is 1. The Bertz CT molecular complexity index is 400. The summed E-state index contributed by atoms with van der Waals surface area (Å²) in [5, 5.41) is -0.104. The molecule has 0 amide bonds. The van der Waals surface area contributed by atoms with Crippen LogP contribution in [0.5, 0.6) is 0 Å². The fourth-order valence-electron chi connectivity index (χ4n) is 1.28. The van der Waals surface area contributed by atoms with Crippen LogP contribution in [0.3, 0.4) is 0 Å². The van der Waals surface area contributed by atoms with Gasteiger partial charge in [0.05, 0.1) is 10.6 Å². The molecule has 0 unspecified atom stereocenters. The van der Waals surface area contributed by atoms with Crippen LogP contribution in [0, 0.1) is 0 Å². The van der Waals surface area contributed by atoms with Crippen LogP contribution >= 0.6 is 27.5 Å². The van der Waals surface area contributed by atoms with E-state index < -0.39 is 5.01 Å². The van der Waals surface area contributed by atoms with Gasteiger partial charge in [-0.3, -0.25) is 0 Å². The van der Waals surface area contributed by atoms with Gasteiger partial charge in [-0.25, -0.2) is 4.79 Å². The van der Waals surface area contributed by atoms with Gasteiger partial charge in [-0.15, -0.1) is 0 Å². The molecular weight excluding hydrogens is 267 g/mol. The van der Waals surface area contributed by atoms with Crippen LogP contribution in [0.1, 0.15) is 5.56 Å². The molecule has 1 atom stereocenters. The summed E-state index contributed by atoms with van der Waals surface area (Å²) < 4.78 is 4.91. The summed E-state index contributed by atoms with van der Waals surface area (Å²) in [5.74, 6) is -0.386. The third-order valence-corrected chi connectivity index (χ3v) is 3.21. The molecule has 0 aliphatic carbocycles. The molecule has 0 spiro atoms. The highest BCUT2D eigenvalue weighted by atomic mass is 79.9. The van der Waals surface area contributed by atoms with E-state index in [1.807, 2.05) is 30.3 Å². The van der Waals surface area contributed by atoms with E-state index in [4.69, 9.17) is 16.3 Å². The highest BCUT2D eigenvalue weighted by Crippen LogP contribution is 2.35. The van der Waals surface area contributed by atoms with Crippen LogP contribution in [-0.4, -0.2) is 11.0 Å². The Morgan fingerprint density at radius 3 is 2.43 bits per heavy atom. The summed E-state index contributed by atoms with van der Waals surface area (Å²) in [5.41, 5.74) is 1.22. The average molecular weight is 274 g/mol. The number of alkyl halides is 1. The molecule has 0 saturated heterocycles. The second kappa shape index (κ2) is 3.75. The number of benzene rings is 1. The van der Waals surface area contributed by atoms with Crippen molar-refractivity contribution in [3.05, 3.63) is 40.9 Å². The molecule has 1 aliphatic heterocycles. The fourth-order valence-corrected chi connectivity index (χ4v) is 1.91. The van der Waals surface area contributed by atoms with E-state index in [-0.39, 0.29) is 5.97 Å². The van der Waals surface area contributed by atoms with Gasteiger partial charge in [0.25, 0.3) is 0 Å². The summed E-state index contributed by atoms with van der Waals surface area (Å²) >= 11 is 9.09. The standard InChI is InChI=1S/C10H6BrClO2/c11-9-8(12)7(10(13)14-9)6-4-2-1-3-5-6/h1-5,9H/t9-/m1/s1. The molecule has 0 bridgehead atoms. The average Bonchev–Trinajstić information content (AvgIpc) is 2.43. The van der Waals surface area contributed by atoms with Crippen molar-refractivity contribution < 1.29 is 9.53 Å². The molecule has 1 aromatic rings. The Labute approximate surface area is 94.6 Å². The maximum absolute atomic E-state index is 11.4. The number of esters is 1. The van der Waals surface area contributed by atoms with Gasteiger partial charge in [-0.1, -0.05) is 41.9 Å². The van der Waals surface area contributed by atoms with E-state index >= 15 is 0 Å². The van der Waals surface area contributed by atoms with Gasteiger partial charge < -0.3 is 4.74 Å². The number of hydrogen-bond donors (Lipinski definition) is 0. The minimum absolute atomic E-state index is 0.386. The summed E-state index contributed by atoms with van der Waals surface area (Å²) in [6, 6.07) is 9.22. The van der Waals surface area contributed by atoms with Crippen LogP contribution in [0.4, 0.5) is 0 Å². The molecule has 4 heteroatoms. The Balaban J connectivity index is 2.49. The highest BCUT2D eigenvalue weighted by Gasteiger charge is 2.31. The molecule has 1 heterocycles. The molecule has 0 radical (unpaired) electrons. The van der Waals surface area contributed by atoms with Gasteiger partial charge in [0.15, 0.2) is 5.01 Å². The van der Waals surface area contributed by atoms with Crippen LogP contribution in [0.15, 0.2) is 35.4 Å². The van der Waals surface area contributed by atoms with Crippen molar-refractivity contribution in [1.29, 1.82) is 0 Å². The molecular formula is C10H6BrClO2. The lowest BCUT2D eigenvalue weighted by molar-refractivity contribution is -0.134. The second-order valence-corrected chi connectivity index (χ2v) is 4.05. The van der Waals surface area contributed by atoms with Crippen molar-refractivity contribution in [2.45, 2.75) is 5.01 Å². The Morgan fingerprint density at radius 2 is 1.93 bits per heavy atom. The highest BCUT2D eigenvalue weighted by molar-refractivity contribution is 9.09. The SMILES string of the molecule is O=C1O[C@@H](Br)C(Cl)=C1c1ccccc1. The minimum atomic E-state index is -0.508. The maximum Gasteiger partial charge on any atom is 0.341 e. The Morgan fingerprint density at radius 1 is 1.29 bits per heavy atom. The number of rotatable bonds is 1. The number of carbonyl (C=O) groups excluding carboxylic acids is 1. The smallest absolute Gasteiger partial charge is 0.341 e. The van der Waals surface area contributed by atoms with Gasteiger partial charge in [0.2, 0.25) is 0 Å². The van der Waals surface area contributed by atoms with E-state index in [2.05, 4.69) is 15.9 Å². The molecule has 2 nitrogen and oxygen atoms in total. The van der Waals surface area contributed by atoms with Gasteiger partial charge in [0, 0.05) is 0 Å². The topological polar surface area (TPSA) is 26.3 Å². The van der Waals surface area contributed by atoms with E-state index in [9.17, 15) is 4.79 Å². The van der Waals surface area contributed by atoms with Crippen molar-refractivity contribution in [3.63, 3.8) is 0 Å². The van der Waals surface area contributed by atoms with Crippen molar-refractivity contribution in [3.8, 4) is 0 Å². The predicted octanol–water partition coefficient (Wildman–Crippen LogP) is 2.91. The monoisotopic (exact) mass is 272 g/mol. The van der Waals surface area contributed by atoms with Gasteiger partial charge in [0.1, 0.15) is 0 Å². The van der Waals surface area contributed by atoms with Crippen LogP contribution in [-0.2, 0) is 9.53 Å². The van der Waals surface area contributed by atoms with Crippen molar-refractivity contribution in [2.24, 2.45) is 0 Å². The maximum atomic E-state index is 11.4. The molecule has 2 rings (SSSR count). The quantitative estimate of drug-likeness (QED) is 0.581. The molecule has 0 saturated carbocycles. The lowest BCUT2D eigenvalue weighted by Gasteiger charge is -1.97. The van der Waals surface area contributed by atoms with Crippen LogP contribution in [0.25, 0.3) is 5.57 Å². The largest absolute Gasteiger partial charge is 0.441 e. The number of carbonyl (C=O) groups is 1. The van der Waals surface area contributed by atoms with E-state index in [1.54, 1.807) is 0 Å². The minimum Gasteiger partial charge on any atom is -0.441 e. The summed E-state index contributed by atoms with van der Waals surface area (Å²) in [4.78, 5) is 11.4. The summed E-state index contributed by atoms with van der Waals surface area (Å²) in [6.07, 6.45) is 0. The number of hydrogen-bond acceptors (Lipinski definition) is 2. The first-order valence-electron chi connectivity index (χ1n) is 4.00. The van der Waals surface area contributed by atoms with Crippen LogP contribution < -0.4 is 0 Å². The molecule has 14 heavy (non-hydrogen) atoms. The molecule has 0 N–H and O–H groups in total. The normalized spacial score (nSPS) is 21.3. The lowest BCUT2D eigenvalue weighted by atomic mass is 10.1. The molecule has 0 aromatic heterocycles. The van der Waals surface area contributed by atoms with Gasteiger partial charge in [-0.2, -0.15) is 0 Å². The van der Waals surface area contributed by atoms with E-state index in [1.165, 1.54) is 0 Å². The van der Waals surface area contributed by atoms with Crippen molar-refractivity contribution in [1.82, 2.24) is 0 Å². The first-order chi connectivity index (χ1) is 6.70. The molecule has 72 valence electrons. The molecule has 1 aliphatic rings. The zero-order valence-corrected chi connectivity index (χ0v) is 9.38. The summed E-state index contributed by atoms with van der Waals surface area (Å²) in [7, 11) is 0. The zero-order valence-electron chi connectivity index (χ0n) is 7.04. The first-order valence-corrected chi connectivity index (χ1v) is 5.29. The third kappa shape index (κ3) is 1.57. The van der Waals surface area contributed by atoms with Crippen molar-refractivity contribution in [2.75, 3.05) is 0 Å². The van der Waals surface area contributed by atoms with E-state index in [0.717, 1.165) is 5.56 Å². The number of ether oxygens (including phenoxy) is 1. The predicted molar refractivity (Wildman–Crippen MR) is 58.0 cm³/mol. The lowest BCUT2D eigenvalue weighted by Crippen LogP contribution is -2.01. The zero-order chi connectivity index (χ0) is 10.1. The Kier molecular flexibility index (Phi) is 2.61. The van der Waals surface area contributed by atoms with E-state index in [0.29, 0.717) is 10.6 Å². The first kappa shape index (κ1) is 9.74. The Hall–Kier alpha value is -0.800. The third-order valence-electron chi connectivity index (χ3n) is 1.92. The summed E-state index contributed by atoms with van der Waals surface area (Å²) in [6.45, 7) is 0. The van der Waals surface area contributed by atoms with Crippen molar-refractivity contribution >= 4 is 39.1 Å². The molecule has 0 fully saturated rings. The van der Waals surface area contributed by atoms with Crippen LogP contribution in [0.2, 0.25) is 0 Å². The van der Waals surface area contributed by atoms with Gasteiger partial charge >= 0.3 is 5.97 Å². The number of halogens is 2. The van der Waals surface area contributed by atoms with Gasteiger partial charge in [-0.05, 0) is 21.5 Å². The second-order valence-electron chi connectivity index (χ2n) is 2.81. The molecule has 1 aromatic carbocycles.